The van der Waals surface area contributed by atoms with Gasteiger partial charge in [0, 0.05) is 0 Å². The molecule has 0 fully saturated rings. The minimum absolute atomic E-state index is 0.616. The second-order valence-electron chi connectivity index (χ2n) is 5.35. The fourth-order valence-corrected chi connectivity index (χ4v) is 2.97. The van der Waals surface area contributed by atoms with Crippen molar-refractivity contribution in [1.82, 2.24) is 5.43 Å². The van der Waals surface area contributed by atoms with Crippen LogP contribution in [-0.2, 0) is 5.54 Å². The van der Waals surface area contributed by atoms with Gasteiger partial charge in [0.2, 0.25) is 0 Å². The first-order valence-corrected chi connectivity index (χ1v) is 7.54. The zero-order valence-electron chi connectivity index (χ0n) is 13.1. The molecule has 3 N–H and O–H groups in total. The molecule has 0 spiro atoms. The largest absolute Gasteiger partial charge is 0.497 e. The molecule has 3 nitrogen and oxygen atoms in total. The van der Waals surface area contributed by atoms with Crippen molar-refractivity contribution in [2.45, 2.75) is 5.54 Å². The Morgan fingerprint density at radius 1 is 0.696 bits per heavy atom. The van der Waals surface area contributed by atoms with Crippen molar-refractivity contribution in [2.24, 2.45) is 5.84 Å². The molecule has 23 heavy (non-hydrogen) atoms. The normalized spacial score (nSPS) is 11.2. The quantitative estimate of drug-likeness (QED) is 0.431. The summed E-state index contributed by atoms with van der Waals surface area (Å²) in [4.78, 5) is 0. The van der Waals surface area contributed by atoms with Crippen LogP contribution in [0.1, 0.15) is 16.7 Å². The Morgan fingerprint density at radius 3 is 1.52 bits per heavy atom. The highest BCUT2D eigenvalue weighted by Crippen LogP contribution is 2.36. The summed E-state index contributed by atoms with van der Waals surface area (Å²) in [6, 6.07) is 28.4. The van der Waals surface area contributed by atoms with E-state index in [0.717, 1.165) is 22.4 Å². The summed E-state index contributed by atoms with van der Waals surface area (Å²) in [6.07, 6.45) is 0. The molecule has 0 radical (unpaired) electrons. The molecule has 0 aliphatic carbocycles. The molecule has 0 saturated heterocycles. The standard InChI is InChI=1S/C20H20N2O/c1-23-19-14-12-18(13-15-19)20(22-21,16-8-4-2-5-9-16)17-10-6-3-7-11-17/h2-15,22H,21H2,1H3. The van der Waals surface area contributed by atoms with Crippen LogP contribution in [0.4, 0.5) is 0 Å². The van der Waals surface area contributed by atoms with Crippen LogP contribution in [0.15, 0.2) is 84.9 Å². The van der Waals surface area contributed by atoms with Crippen LogP contribution >= 0.6 is 0 Å². The lowest BCUT2D eigenvalue weighted by atomic mass is 9.77. The van der Waals surface area contributed by atoms with Crippen LogP contribution in [0, 0.1) is 0 Å². The van der Waals surface area contributed by atoms with Gasteiger partial charge in [-0.1, -0.05) is 72.8 Å². The molecular formula is C20H20N2O. The Balaban J connectivity index is 2.24. The summed E-state index contributed by atoms with van der Waals surface area (Å²) < 4.78 is 5.28. The van der Waals surface area contributed by atoms with E-state index in [1.165, 1.54) is 0 Å². The van der Waals surface area contributed by atoms with Gasteiger partial charge in [-0.05, 0) is 28.8 Å². The lowest BCUT2D eigenvalue weighted by Gasteiger charge is -2.35. The summed E-state index contributed by atoms with van der Waals surface area (Å²) >= 11 is 0. The van der Waals surface area contributed by atoms with Gasteiger partial charge < -0.3 is 4.74 Å². The van der Waals surface area contributed by atoms with Crippen LogP contribution in [0.3, 0.4) is 0 Å². The van der Waals surface area contributed by atoms with Crippen LogP contribution < -0.4 is 16.0 Å². The Hall–Kier alpha value is -2.62. The van der Waals surface area contributed by atoms with Gasteiger partial charge in [-0.15, -0.1) is 0 Å². The molecule has 0 aliphatic rings. The highest BCUT2D eigenvalue weighted by Gasteiger charge is 2.35. The number of methoxy groups -OCH3 is 1. The fraction of sp³-hybridized carbons (Fsp3) is 0.100. The maximum absolute atomic E-state index is 6.09. The van der Waals surface area contributed by atoms with Crippen molar-refractivity contribution in [1.29, 1.82) is 0 Å². The van der Waals surface area contributed by atoms with Gasteiger partial charge in [-0.25, -0.2) is 5.43 Å². The molecule has 0 bridgehead atoms. The van der Waals surface area contributed by atoms with E-state index < -0.39 is 5.54 Å². The van der Waals surface area contributed by atoms with Crippen molar-refractivity contribution in [2.75, 3.05) is 7.11 Å². The zero-order chi connectivity index (χ0) is 16.1. The molecule has 3 rings (SSSR count). The van der Waals surface area contributed by atoms with E-state index in [0.29, 0.717) is 0 Å². The minimum Gasteiger partial charge on any atom is -0.497 e. The van der Waals surface area contributed by atoms with Crippen LogP contribution in [0.2, 0.25) is 0 Å². The van der Waals surface area contributed by atoms with Gasteiger partial charge in [0.15, 0.2) is 0 Å². The number of hydrazine groups is 1. The summed E-state index contributed by atoms with van der Waals surface area (Å²) in [5, 5.41) is 0. The first kappa shape index (κ1) is 15.3. The third-order valence-electron chi connectivity index (χ3n) is 4.15. The van der Waals surface area contributed by atoms with Gasteiger partial charge in [0.25, 0.3) is 0 Å². The lowest BCUT2D eigenvalue weighted by Crippen LogP contribution is -2.48. The van der Waals surface area contributed by atoms with Gasteiger partial charge in [0.1, 0.15) is 11.3 Å². The summed E-state index contributed by atoms with van der Waals surface area (Å²) in [5.74, 6) is 6.91. The molecule has 0 aliphatic heterocycles. The molecule has 0 unspecified atom stereocenters. The van der Waals surface area contributed by atoms with E-state index in [1.54, 1.807) is 7.11 Å². The van der Waals surface area contributed by atoms with Gasteiger partial charge in [-0.3, -0.25) is 5.84 Å². The number of nitrogens with one attached hydrogen (secondary N) is 1. The van der Waals surface area contributed by atoms with Crippen molar-refractivity contribution < 1.29 is 4.74 Å². The third kappa shape index (κ3) is 2.72. The molecule has 3 aromatic carbocycles. The topological polar surface area (TPSA) is 47.3 Å². The van der Waals surface area contributed by atoms with E-state index in [9.17, 15) is 0 Å². The molecule has 3 heteroatoms. The Bertz CT molecular complexity index is 700. The average molecular weight is 304 g/mol. The van der Waals surface area contributed by atoms with Crippen molar-refractivity contribution >= 4 is 0 Å². The van der Waals surface area contributed by atoms with Gasteiger partial charge >= 0.3 is 0 Å². The first-order chi connectivity index (χ1) is 11.3. The number of hydrogen-bond acceptors (Lipinski definition) is 3. The van der Waals surface area contributed by atoms with Crippen LogP contribution in [0.5, 0.6) is 5.75 Å². The lowest BCUT2D eigenvalue weighted by molar-refractivity contribution is 0.413. The van der Waals surface area contributed by atoms with E-state index >= 15 is 0 Å². The molecular weight excluding hydrogens is 284 g/mol. The molecule has 0 amide bonds. The van der Waals surface area contributed by atoms with E-state index in [1.807, 2.05) is 60.7 Å². The molecule has 0 atom stereocenters. The number of rotatable bonds is 5. The average Bonchev–Trinajstić information content (AvgIpc) is 2.65. The number of hydrogen-bond donors (Lipinski definition) is 2. The Morgan fingerprint density at radius 2 is 1.13 bits per heavy atom. The maximum atomic E-state index is 6.09. The molecule has 0 heterocycles. The highest BCUT2D eigenvalue weighted by atomic mass is 16.5. The Kier molecular flexibility index (Phi) is 4.42. The number of benzene rings is 3. The second-order valence-corrected chi connectivity index (χ2v) is 5.35. The van der Waals surface area contributed by atoms with E-state index in [-0.39, 0.29) is 0 Å². The SMILES string of the molecule is COc1ccc(C(NN)(c2ccccc2)c2ccccc2)cc1. The number of ether oxygens (including phenoxy) is 1. The van der Waals surface area contributed by atoms with Crippen molar-refractivity contribution in [3.63, 3.8) is 0 Å². The summed E-state index contributed by atoms with van der Waals surface area (Å²) in [7, 11) is 1.66. The van der Waals surface area contributed by atoms with Gasteiger partial charge in [-0.2, -0.15) is 0 Å². The van der Waals surface area contributed by atoms with E-state index in [2.05, 4.69) is 29.7 Å². The van der Waals surface area contributed by atoms with Crippen LogP contribution in [-0.4, -0.2) is 7.11 Å². The summed E-state index contributed by atoms with van der Waals surface area (Å²) in [6.45, 7) is 0. The predicted octanol–water partition coefficient (Wildman–Crippen LogP) is 3.45. The predicted molar refractivity (Wildman–Crippen MR) is 93.1 cm³/mol. The number of nitrogens with two attached hydrogens (primary N) is 1. The van der Waals surface area contributed by atoms with Gasteiger partial charge in [0.05, 0.1) is 7.11 Å². The first-order valence-electron chi connectivity index (χ1n) is 7.54. The Labute approximate surface area is 136 Å². The van der Waals surface area contributed by atoms with Crippen molar-refractivity contribution in [3.8, 4) is 5.75 Å². The van der Waals surface area contributed by atoms with E-state index in [4.69, 9.17) is 10.6 Å². The zero-order valence-corrected chi connectivity index (χ0v) is 13.1. The molecule has 0 aromatic heterocycles. The molecule has 3 aromatic rings. The smallest absolute Gasteiger partial charge is 0.118 e. The fourth-order valence-electron chi connectivity index (χ4n) is 2.97. The minimum atomic E-state index is -0.616. The third-order valence-corrected chi connectivity index (χ3v) is 4.15. The second kappa shape index (κ2) is 6.65. The highest BCUT2D eigenvalue weighted by molar-refractivity contribution is 5.50. The maximum Gasteiger partial charge on any atom is 0.118 e. The van der Waals surface area contributed by atoms with Crippen LogP contribution in [0.25, 0.3) is 0 Å². The molecule has 116 valence electrons. The monoisotopic (exact) mass is 304 g/mol. The van der Waals surface area contributed by atoms with Crippen molar-refractivity contribution in [3.05, 3.63) is 102 Å². The summed E-state index contributed by atoms with van der Waals surface area (Å²) in [5.41, 5.74) is 5.66. The molecule has 0 saturated carbocycles.